The quantitative estimate of drug-likeness (QED) is 0.872. The average Bonchev–Trinajstić information content (AvgIpc) is 2.98. The van der Waals surface area contributed by atoms with Crippen LogP contribution in [0.4, 0.5) is 0 Å². The zero-order valence-corrected chi connectivity index (χ0v) is 11.8. The number of rotatable bonds is 4. The fraction of sp³-hybridized carbons (Fsp3) is 0.333. The van der Waals surface area contributed by atoms with E-state index in [1.54, 1.807) is 24.1 Å². The standard InChI is InChI=1S/C12H14BrN3O2/c1-3-16-7-9(13)10(14-16)8-15(2)12(17)11-5-4-6-18-11/h4-7H,3,8H2,1-2H3. The molecule has 0 spiro atoms. The van der Waals surface area contributed by atoms with Crippen molar-refractivity contribution in [2.75, 3.05) is 7.05 Å². The second-order valence-corrected chi connectivity index (χ2v) is 4.77. The van der Waals surface area contributed by atoms with Crippen LogP contribution in [-0.4, -0.2) is 27.6 Å². The molecule has 0 aliphatic carbocycles. The van der Waals surface area contributed by atoms with E-state index in [4.69, 9.17) is 4.42 Å². The Hall–Kier alpha value is -1.56. The Balaban J connectivity index is 2.09. The van der Waals surface area contributed by atoms with Crippen LogP contribution in [0.1, 0.15) is 23.2 Å². The lowest BCUT2D eigenvalue weighted by Crippen LogP contribution is -2.26. The van der Waals surface area contributed by atoms with Gasteiger partial charge >= 0.3 is 0 Å². The van der Waals surface area contributed by atoms with Gasteiger partial charge in [0, 0.05) is 19.8 Å². The highest BCUT2D eigenvalue weighted by Gasteiger charge is 2.17. The predicted molar refractivity (Wildman–Crippen MR) is 70.1 cm³/mol. The molecule has 2 aromatic rings. The molecule has 0 fully saturated rings. The molecule has 0 aromatic carbocycles. The maximum atomic E-state index is 12.0. The van der Waals surface area contributed by atoms with Gasteiger partial charge in [-0.2, -0.15) is 5.10 Å². The van der Waals surface area contributed by atoms with Crippen LogP contribution >= 0.6 is 15.9 Å². The molecule has 0 N–H and O–H groups in total. The molecule has 0 bridgehead atoms. The molecule has 5 nitrogen and oxygen atoms in total. The number of aromatic nitrogens is 2. The summed E-state index contributed by atoms with van der Waals surface area (Å²) in [6.07, 6.45) is 3.39. The van der Waals surface area contributed by atoms with Gasteiger partial charge in [-0.15, -0.1) is 0 Å². The first-order valence-corrected chi connectivity index (χ1v) is 6.42. The summed E-state index contributed by atoms with van der Waals surface area (Å²) in [6, 6.07) is 3.35. The molecule has 1 amide bonds. The van der Waals surface area contributed by atoms with E-state index in [1.807, 2.05) is 17.8 Å². The van der Waals surface area contributed by atoms with Crippen LogP contribution in [0, 0.1) is 0 Å². The van der Waals surface area contributed by atoms with E-state index >= 15 is 0 Å². The number of carbonyl (C=O) groups excluding carboxylic acids is 1. The molecule has 2 aromatic heterocycles. The van der Waals surface area contributed by atoms with Crippen molar-refractivity contribution in [3.8, 4) is 0 Å². The number of hydrogen-bond acceptors (Lipinski definition) is 3. The Bertz CT molecular complexity index is 534. The number of carbonyl (C=O) groups is 1. The normalized spacial score (nSPS) is 10.6. The molecule has 18 heavy (non-hydrogen) atoms. The van der Waals surface area contributed by atoms with Crippen molar-refractivity contribution in [3.05, 3.63) is 40.5 Å². The molecule has 2 rings (SSSR count). The number of furan rings is 1. The maximum absolute atomic E-state index is 12.0. The summed E-state index contributed by atoms with van der Waals surface area (Å²) in [5, 5.41) is 4.38. The van der Waals surface area contributed by atoms with Gasteiger partial charge in [0.15, 0.2) is 5.76 Å². The van der Waals surface area contributed by atoms with Crippen molar-refractivity contribution in [1.29, 1.82) is 0 Å². The molecular formula is C12H14BrN3O2. The highest BCUT2D eigenvalue weighted by molar-refractivity contribution is 9.10. The lowest BCUT2D eigenvalue weighted by atomic mass is 10.3. The zero-order chi connectivity index (χ0) is 13.1. The second-order valence-electron chi connectivity index (χ2n) is 3.92. The summed E-state index contributed by atoms with van der Waals surface area (Å²) in [6.45, 7) is 3.25. The average molecular weight is 312 g/mol. The minimum absolute atomic E-state index is 0.155. The van der Waals surface area contributed by atoms with E-state index in [0.29, 0.717) is 12.3 Å². The second kappa shape index (κ2) is 5.39. The molecular weight excluding hydrogens is 298 g/mol. The monoisotopic (exact) mass is 311 g/mol. The molecule has 0 radical (unpaired) electrons. The number of nitrogens with zero attached hydrogens (tertiary/aromatic N) is 3. The van der Waals surface area contributed by atoms with Crippen LogP contribution in [0.15, 0.2) is 33.5 Å². The smallest absolute Gasteiger partial charge is 0.289 e. The first kappa shape index (κ1) is 12.9. The van der Waals surface area contributed by atoms with Crippen LogP contribution in [0.25, 0.3) is 0 Å². The van der Waals surface area contributed by atoms with E-state index in [-0.39, 0.29) is 5.91 Å². The zero-order valence-electron chi connectivity index (χ0n) is 10.3. The third-order valence-electron chi connectivity index (χ3n) is 2.58. The largest absolute Gasteiger partial charge is 0.459 e. The Morgan fingerprint density at radius 1 is 1.61 bits per heavy atom. The summed E-state index contributed by atoms with van der Waals surface area (Å²) < 4.78 is 7.81. The van der Waals surface area contributed by atoms with Crippen molar-refractivity contribution in [3.63, 3.8) is 0 Å². The highest BCUT2D eigenvalue weighted by atomic mass is 79.9. The van der Waals surface area contributed by atoms with Gasteiger partial charge in [0.05, 0.1) is 23.0 Å². The van der Waals surface area contributed by atoms with E-state index < -0.39 is 0 Å². The summed E-state index contributed by atoms with van der Waals surface area (Å²) in [7, 11) is 1.72. The van der Waals surface area contributed by atoms with Gasteiger partial charge in [0.25, 0.3) is 5.91 Å². The number of aryl methyl sites for hydroxylation is 1. The molecule has 0 saturated carbocycles. The molecule has 0 unspecified atom stereocenters. The number of halogens is 1. The van der Waals surface area contributed by atoms with E-state index in [0.717, 1.165) is 16.7 Å². The lowest BCUT2D eigenvalue weighted by molar-refractivity contribution is 0.0751. The van der Waals surface area contributed by atoms with Crippen molar-refractivity contribution in [2.45, 2.75) is 20.0 Å². The third kappa shape index (κ3) is 2.64. The molecule has 0 aliphatic rings. The highest BCUT2D eigenvalue weighted by Crippen LogP contribution is 2.17. The number of amides is 1. The van der Waals surface area contributed by atoms with Crippen molar-refractivity contribution in [1.82, 2.24) is 14.7 Å². The fourth-order valence-electron chi connectivity index (χ4n) is 1.59. The molecule has 0 atom stereocenters. The fourth-order valence-corrected chi connectivity index (χ4v) is 2.03. The van der Waals surface area contributed by atoms with Crippen molar-refractivity contribution >= 4 is 21.8 Å². The Morgan fingerprint density at radius 3 is 2.94 bits per heavy atom. The van der Waals surface area contributed by atoms with Crippen LogP contribution in [0.3, 0.4) is 0 Å². The summed E-state index contributed by atoms with van der Waals surface area (Å²) in [5.41, 5.74) is 0.833. The molecule has 0 saturated heterocycles. The van der Waals surface area contributed by atoms with Crippen LogP contribution < -0.4 is 0 Å². The van der Waals surface area contributed by atoms with Crippen LogP contribution in [0.2, 0.25) is 0 Å². The lowest BCUT2D eigenvalue weighted by Gasteiger charge is -2.14. The first-order valence-electron chi connectivity index (χ1n) is 5.62. The van der Waals surface area contributed by atoms with E-state index in [9.17, 15) is 4.79 Å². The number of hydrogen-bond donors (Lipinski definition) is 0. The van der Waals surface area contributed by atoms with Crippen LogP contribution in [-0.2, 0) is 13.1 Å². The van der Waals surface area contributed by atoms with Gasteiger partial charge in [-0.3, -0.25) is 9.48 Å². The molecule has 6 heteroatoms. The van der Waals surface area contributed by atoms with Gasteiger partial charge in [-0.05, 0) is 35.0 Å². The Labute approximate surface area is 114 Å². The molecule has 2 heterocycles. The SMILES string of the molecule is CCn1cc(Br)c(CN(C)C(=O)c2ccco2)n1. The van der Waals surface area contributed by atoms with Crippen molar-refractivity contribution in [2.24, 2.45) is 0 Å². The minimum atomic E-state index is -0.155. The minimum Gasteiger partial charge on any atom is -0.459 e. The first-order chi connectivity index (χ1) is 8.61. The van der Waals surface area contributed by atoms with Gasteiger partial charge in [-0.25, -0.2) is 0 Å². The Kier molecular flexibility index (Phi) is 3.86. The maximum Gasteiger partial charge on any atom is 0.289 e. The van der Waals surface area contributed by atoms with Gasteiger partial charge in [0.2, 0.25) is 0 Å². The van der Waals surface area contributed by atoms with E-state index in [1.165, 1.54) is 6.26 Å². The van der Waals surface area contributed by atoms with Crippen molar-refractivity contribution < 1.29 is 9.21 Å². The van der Waals surface area contributed by atoms with Gasteiger partial charge in [0.1, 0.15) is 0 Å². The van der Waals surface area contributed by atoms with Gasteiger partial charge < -0.3 is 9.32 Å². The molecule has 0 aliphatic heterocycles. The predicted octanol–water partition coefficient (Wildman–Crippen LogP) is 2.53. The third-order valence-corrected chi connectivity index (χ3v) is 3.24. The summed E-state index contributed by atoms with van der Waals surface area (Å²) in [4.78, 5) is 13.6. The van der Waals surface area contributed by atoms with Crippen LogP contribution in [0.5, 0.6) is 0 Å². The van der Waals surface area contributed by atoms with E-state index in [2.05, 4.69) is 21.0 Å². The topological polar surface area (TPSA) is 51.3 Å². The summed E-state index contributed by atoms with van der Waals surface area (Å²) in [5.74, 6) is 0.182. The van der Waals surface area contributed by atoms with Gasteiger partial charge in [-0.1, -0.05) is 0 Å². The summed E-state index contributed by atoms with van der Waals surface area (Å²) >= 11 is 3.44. The molecule has 96 valence electrons. The Morgan fingerprint density at radius 2 is 2.39 bits per heavy atom.